The van der Waals surface area contributed by atoms with Crippen molar-refractivity contribution in [2.75, 3.05) is 13.7 Å². The summed E-state index contributed by atoms with van der Waals surface area (Å²) in [4.78, 5) is 4.20. The maximum Gasteiger partial charge on any atom is 0.171 e. The molecule has 96 valence electrons. The van der Waals surface area contributed by atoms with Gasteiger partial charge in [0.05, 0.1) is 7.11 Å². The number of methoxy groups -OCH3 is 1. The fourth-order valence-electron chi connectivity index (χ4n) is 3.00. The number of pyridine rings is 1. The van der Waals surface area contributed by atoms with Gasteiger partial charge >= 0.3 is 0 Å². The number of nitrogens with one attached hydrogen (secondary N) is 1. The maximum absolute atomic E-state index is 5.97. The molecule has 1 aliphatic carbocycles. The van der Waals surface area contributed by atoms with Crippen LogP contribution in [0.4, 0.5) is 0 Å². The maximum atomic E-state index is 5.97. The van der Waals surface area contributed by atoms with Crippen molar-refractivity contribution in [3.63, 3.8) is 0 Å². The van der Waals surface area contributed by atoms with Crippen LogP contribution < -0.4 is 10.1 Å². The number of hydrogen-bond donors (Lipinski definition) is 1. The van der Waals surface area contributed by atoms with Gasteiger partial charge in [0.25, 0.3) is 0 Å². The second-order valence-corrected chi connectivity index (χ2v) is 5.30. The van der Waals surface area contributed by atoms with Crippen LogP contribution in [0, 0.1) is 5.92 Å². The van der Waals surface area contributed by atoms with E-state index in [1.54, 1.807) is 7.11 Å². The molecule has 1 saturated heterocycles. The summed E-state index contributed by atoms with van der Waals surface area (Å²) in [6.45, 7) is 1.11. The van der Waals surface area contributed by atoms with Gasteiger partial charge in [0, 0.05) is 17.8 Å². The number of allylic oxidation sites excluding steroid dienone is 1. The van der Waals surface area contributed by atoms with E-state index in [2.05, 4.69) is 16.4 Å². The second kappa shape index (κ2) is 4.90. The minimum atomic E-state index is 0.424. The second-order valence-electron chi connectivity index (χ2n) is 4.95. The van der Waals surface area contributed by atoms with Gasteiger partial charge in [0.2, 0.25) is 0 Å². The Kier molecular flexibility index (Phi) is 3.27. The van der Waals surface area contributed by atoms with Crippen LogP contribution >= 0.6 is 11.6 Å². The molecule has 2 heterocycles. The molecule has 0 spiro atoms. The summed E-state index contributed by atoms with van der Waals surface area (Å²) in [6.07, 6.45) is 7.94. The Morgan fingerprint density at radius 2 is 2.39 bits per heavy atom. The summed E-state index contributed by atoms with van der Waals surface area (Å²) in [6, 6.07) is 2.46. The zero-order valence-corrected chi connectivity index (χ0v) is 11.2. The van der Waals surface area contributed by atoms with Gasteiger partial charge in [-0.3, -0.25) is 0 Å². The highest BCUT2D eigenvalue weighted by Crippen LogP contribution is 2.38. The van der Waals surface area contributed by atoms with Crippen LogP contribution in [0.15, 0.2) is 18.3 Å². The van der Waals surface area contributed by atoms with E-state index in [9.17, 15) is 0 Å². The van der Waals surface area contributed by atoms with Gasteiger partial charge in [-0.2, -0.15) is 0 Å². The lowest BCUT2D eigenvalue weighted by molar-refractivity contribution is 0.345. The Labute approximate surface area is 112 Å². The highest BCUT2D eigenvalue weighted by atomic mass is 35.5. The van der Waals surface area contributed by atoms with E-state index in [0.29, 0.717) is 16.9 Å². The molecule has 1 N–H and O–H groups in total. The smallest absolute Gasteiger partial charge is 0.171 e. The van der Waals surface area contributed by atoms with Crippen LogP contribution in [-0.2, 0) is 0 Å². The van der Waals surface area contributed by atoms with Crippen molar-refractivity contribution in [2.24, 2.45) is 5.92 Å². The Bertz CT molecular complexity index is 487. The number of halogens is 1. The van der Waals surface area contributed by atoms with Gasteiger partial charge in [-0.05, 0) is 43.4 Å². The highest BCUT2D eigenvalue weighted by Gasteiger charge is 2.32. The van der Waals surface area contributed by atoms with Crippen LogP contribution in [0.2, 0.25) is 5.15 Å². The summed E-state index contributed by atoms with van der Waals surface area (Å²) < 4.78 is 5.24. The molecule has 2 atom stereocenters. The van der Waals surface area contributed by atoms with Gasteiger partial charge < -0.3 is 10.1 Å². The van der Waals surface area contributed by atoms with Crippen molar-refractivity contribution in [2.45, 2.75) is 25.3 Å². The number of hydrogen-bond acceptors (Lipinski definition) is 3. The lowest BCUT2D eigenvalue weighted by Crippen LogP contribution is -2.39. The average molecular weight is 265 g/mol. The van der Waals surface area contributed by atoms with Crippen LogP contribution in [0.3, 0.4) is 0 Å². The third kappa shape index (κ3) is 2.02. The molecule has 4 heteroatoms. The number of ether oxygens (including phenoxy) is 1. The van der Waals surface area contributed by atoms with Crippen molar-refractivity contribution < 1.29 is 4.74 Å². The predicted molar refractivity (Wildman–Crippen MR) is 72.9 cm³/mol. The topological polar surface area (TPSA) is 34.1 Å². The van der Waals surface area contributed by atoms with Crippen LogP contribution in [-0.4, -0.2) is 24.7 Å². The zero-order valence-electron chi connectivity index (χ0n) is 10.4. The molecular formula is C14H17ClN2O. The number of fused-ring (bicyclic) bond motifs is 1. The van der Waals surface area contributed by atoms with E-state index in [0.717, 1.165) is 24.4 Å². The minimum absolute atomic E-state index is 0.424. The van der Waals surface area contributed by atoms with E-state index in [1.165, 1.54) is 18.4 Å². The largest absolute Gasteiger partial charge is 0.494 e. The molecule has 2 aliphatic rings. The third-order valence-electron chi connectivity index (χ3n) is 3.92. The summed E-state index contributed by atoms with van der Waals surface area (Å²) in [5.74, 6) is 1.39. The molecule has 18 heavy (non-hydrogen) atoms. The molecule has 3 nitrogen and oxygen atoms in total. The van der Waals surface area contributed by atoms with Gasteiger partial charge in [-0.15, -0.1) is 0 Å². The quantitative estimate of drug-likeness (QED) is 0.834. The molecule has 0 aromatic carbocycles. The van der Waals surface area contributed by atoms with E-state index < -0.39 is 0 Å². The SMILES string of the molecule is COc1cc(C2=CC[C@H]3CCCN[C@@H]23)cnc1Cl. The number of piperidine rings is 1. The van der Waals surface area contributed by atoms with Gasteiger partial charge in [0.1, 0.15) is 0 Å². The van der Waals surface area contributed by atoms with Gasteiger partial charge in [-0.25, -0.2) is 4.98 Å². The normalized spacial score (nSPS) is 26.7. The molecule has 0 bridgehead atoms. The molecule has 0 unspecified atom stereocenters. The van der Waals surface area contributed by atoms with E-state index in [1.807, 2.05) is 12.3 Å². The first-order valence-electron chi connectivity index (χ1n) is 6.43. The molecule has 1 aromatic heterocycles. The molecule has 0 radical (unpaired) electrons. The molecular weight excluding hydrogens is 248 g/mol. The van der Waals surface area contributed by atoms with Crippen LogP contribution in [0.5, 0.6) is 5.75 Å². The fourth-order valence-corrected chi connectivity index (χ4v) is 3.19. The Morgan fingerprint density at radius 1 is 1.50 bits per heavy atom. The zero-order chi connectivity index (χ0) is 12.5. The molecule has 3 rings (SSSR count). The minimum Gasteiger partial charge on any atom is -0.494 e. The first kappa shape index (κ1) is 12.0. The van der Waals surface area contributed by atoms with Crippen molar-refractivity contribution in [1.82, 2.24) is 10.3 Å². The summed E-state index contributed by atoms with van der Waals surface area (Å²) in [7, 11) is 1.62. The van der Waals surface area contributed by atoms with Crippen molar-refractivity contribution >= 4 is 17.2 Å². The van der Waals surface area contributed by atoms with Crippen molar-refractivity contribution in [3.8, 4) is 5.75 Å². The monoisotopic (exact) mass is 264 g/mol. The Hall–Kier alpha value is -1.06. The predicted octanol–water partition coefficient (Wildman–Crippen LogP) is 2.90. The van der Waals surface area contributed by atoms with E-state index >= 15 is 0 Å². The Balaban J connectivity index is 1.91. The standard InChI is InChI=1S/C14H17ClN2O/c1-18-12-7-10(8-17-14(12)15)11-5-4-9-3-2-6-16-13(9)11/h5,7-9,13,16H,2-4,6H2,1H3/t9-,13-/m1/s1. The highest BCUT2D eigenvalue weighted by molar-refractivity contribution is 6.30. The molecule has 0 amide bonds. The lowest BCUT2D eigenvalue weighted by atomic mass is 9.89. The molecule has 1 aromatic rings. The molecule has 1 fully saturated rings. The summed E-state index contributed by atoms with van der Waals surface area (Å²) in [5, 5.41) is 4.04. The number of nitrogens with zero attached hydrogens (tertiary/aromatic N) is 1. The molecule has 1 aliphatic heterocycles. The lowest BCUT2D eigenvalue weighted by Gasteiger charge is -2.29. The van der Waals surface area contributed by atoms with Gasteiger partial charge in [0.15, 0.2) is 10.9 Å². The first-order valence-corrected chi connectivity index (χ1v) is 6.80. The van der Waals surface area contributed by atoms with E-state index in [4.69, 9.17) is 16.3 Å². The Morgan fingerprint density at radius 3 is 3.22 bits per heavy atom. The first-order chi connectivity index (χ1) is 8.79. The van der Waals surface area contributed by atoms with Crippen LogP contribution in [0.25, 0.3) is 5.57 Å². The number of aromatic nitrogens is 1. The third-order valence-corrected chi connectivity index (χ3v) is 4.21. The van der Waals surface area contributed by atoms with Crippen LogP contribution in [0.1, 0.15) is 24.8 Å². The van der Waals surface area contributed by atoms with Crippen molar-refractivity contribution in [3.05, 3.63) is 29.1 Å². The molecule has 0 saturated carbocycles. The summed E-state index contributed by atoms with van der Waals surface area (Å²) >= 11 is 5.97. The van der Waals surface area contributed by atoms with Gasteiger partial charge in [-0.1, -0.05) is 17.7 Å². The number of rotatable bonds is 2. The fraction of sp³-hybridized carbons (Fsp3) is 0.500. The average Bonchev–Trinajstić information content (AvgIpc) is 2.83. The van der Waals surface area contributed by atoms with E-state index in [-0.39, 0.29) is 0 Å². The van der Waals surface area contributed by atoms with Crippen molar-refractivity contribution in [1.29, 1.82) is 0 Å². The summed E-state index contributed by atoms with van der Waals surface area (Å²) in [5.41, 5.74) is 2.47.